The quantitative estimate of drug-likeness (QED) is 0.0484. The van der Waals surface area contributed by atoms with Gasteiger partial charge in [0.25, 0.3) is 0 Å². The van der Waals surface area contributed by atoms with Gasteiger partial charge in [-0.2, -0.15) is 0 Å². The van der Waals surface area contributed by atoms with Gasteiger partial charge in [-0.1, -0.05) is 45.6 Å². The van der Waals surface area contributed by atoms with E-state index in [9.17, 15) is 15.0 Å². The van der Waals surface area contributed by atoms with E-state index in [1.807, 2.05) is 27.7 Å². The molecule has 0 bridgehead atoms. The van der Waals surface area contributed by atoms with Gasteiger partial charge in [-0.3, -0.25) is 0 Å². The molecule has 376 valence electrons. The Hall–Kier alpha value is -1.39. The highest BCUT2D eigenvalue weighted by atomic mass is 16.6. The van der Waals surface area contributed by atoms with E-state index in [1.54, 1.807) is 13.8 Å². The minimum Gasteiger partial charge on any atom is -0.460 e. The molecule has 0 saturated carbocycles. The molecule has 0 aromatic rings. The maximum atomic E-state index is 11.3. The summed E-state index contributed by atoms with van der Waals surface area (Å²) in [7, 11) is 0. The normalized spacial score (nSPS) is 15.2. The predicted molar refractivity (Wildman–Crippen MR) is 239 cm³/mol. The first-order valence-electron chi connectivity index (χ1n) is 23.3. The fourth-order valence-corrected chi connectivity index (χ4v) is 5.32. The third kappa shape index (κ3) is 44.2. The van der Waals surface area contributed by atoms with E-state index in [1.165, 1.54) is 25.7 Å². The third-order valence-electron chi connectivity index (χ3n) is 8.96. The van der Waals surface area contributed by atoms with Crippen LogP contribution in [-0.4, -0.2) is 204 Å². The zero-order valence-electron chi connectivity index (χ0n) is 40.3. The Morgan fingerprint density at radius 2 is 0.841 bits per heavy atom. The summed E-state index contributed by atoms with van der Waals surface area (Å²) >= 11 is 0. The molecule has 0 spiro atoms. The number of hydrogen-bond acceptors (Lipinski definition) is 17. The lowest BCUT2D eigenvalue weighted by Gasteiger charge is -2.25. The van der Waals surface area contributed by atoms with Crippen LogP contribution in [0.15, 0.2) is 12.2 Å². The fourth-order valence-electron chi connectivity index (χ4n) is 5.32. The Morgan fingerprint density at radius 3 is 1.25 bits per heavy atom. The van der Waals surface area contributed by atoms with Crippen LogP contribution >= 0.6 is 0 Å². The molecule has 0 aliphatic heterocycles. The molecule has 0 aliphatic rings. The van der Waals surface area contributed by atoms with Crippen LogP contribution in [0.3, 0.4) is 0 Å². The average molecular weight is 915 g/mol. The molecule has 0 radical (unpaired) electrons. The molecule has 0 saturated heterocycles. The summed E-state index contributed by atoms with van der Waals surface area (Å²) in [4.78, 5) is 11.3. The van der Waals surface area contributed by atoms with Gasteiger partial charge in [0.05, 0.1) is 175 Å². The number of aliphatic hydroxyl groups excluding tert-OH is 2. The van der Waals surface area contributed by atoms with Crippen LogP contribution in [0.25, 0.3) is 0 Å². The molecule has 0 heterocycles. The molecule has 17 heteroatoms. The molecule has 63 heavy (non-hydrogen) atoms. The van der Waals surface area contributed by atoms with Gasteiger partial charge < -0.3 is 76.5 Å². The number of rotatable bonds is 50. The Bertz CT molecular complexity index is 993. The van der Waals surface area contributed by atoms with Crippen molar-refractivity contribution in [2.75, 3.05) is 145 Å². The van der Waals surface area contributed by atoms with E-state index in [4.69, 9.17) is 66.3 Å². The van der Waals surface area contributed by atoms with E-state index in [2.05, 4.69) is 13.5 Å². The summed E-state index contributed by atoms with van der Waals surface area (Å²) in [5.74, 6) is -0.420. The molecule has 0 aromatic carbocycles. The highest BCUT2D eigenvalue weighted by Gasteiger charge is 2.20. The van der Waals surface area contributed by atoms with Crippen molar-refractivity contribution in [3.8, 4) is 0 Å². The van der Waals surface area contributed by atoms with Gasteiger partial charge in [-0.25, -0.2) is 4.79 Å². The van der Waals surface area contributed by atoms with Crippen LogP contribution in [0.1, 0.15) is 93.4 Å². The number of carbonyl (C=O) groups is 1. The van der Waals surface area contributed by atoms with Crippen molar-refractivity contribution in [3.05, 3.63) is 12.2 Å². The number of ether oxygens (including phenoxy) is 14. The van der Waals surface area contributed by atoms with Crippen molar-refractivity contribution in [3.63, 3.8) is 0 Å². The zero-order valence-corrected chi connectivity index (χ0v) is 40.3. The minimum atomic E-state index is -0.506. The summed E-state index contributed by atoms with van der Waals surface area (Å²) in [5, 5.41) is 19.5. The van der Waals surface area contributed by atoms with E-state index < -0.39 is 18.2 Å². The lowest BCUT2D eigenvalue weighted by Crippen LogP contribution is -2.33. The Kier molecular flexibility index (Phi) is 44.7. The van der Waals surface area contributed by atoms with Gasteiger partial charge in [0.2, 0.25) is 0 Å². The first-order valence-corrected chi connectivity index (χ1v) is 23.3. The number of unbranched alkanes of at least 4 members (excludes halogenated alkanes) is 5. The monoisotopic (exact) mass is 915 g/mol. The predicted octanol–water partition coefficient (Wildman–Crippen LogP) is 4.74. The lowest BCUT2D eigenvalue weighted by molar-refractivity contribution is -0.140. The van der Waals surface area contributed by atoms with Gasteiger partial charge in [0, 0.05) is 18.6 Å². The Balaban J connectivity index is 4.14. The number of hydrogen-bond donors (Lipinski definition) is 2. The van der Waals surface area contributed by atoms with Gasteiger partial charge in [-0.05, 0) is 48.0 Å². The molecule has 0 rings (SSSR count). The molecule has 7 atom stereocenters. The van der Waals surface area contributed by atoms with E-state index >= 15 is 0 Å². The van der Waals surface area contributed by atoms with Crippen molar-refractivity contribution >= 4 is 5.97 Å². The summed E-state index contributed by atoms with van der Waals surface area (Å²) in [6.45, 7) is 25.2. The largest absolute Gasteiger partial charge is 0.460 e. The van der Waals surface area contributed by atoms with Gasteiger partial charge >= 0.3 is 5.97 Å². The lowest BCUT2D eigenvalue weighted by atomic mass is 10.1. The van der Waals surface area contributed by atoms with Crippen LogP contribution < -0.4 is 0 Å². The van der Waals surface area contributed by atoms with E-state index in [0.29, 0.717) is 138 Å². The second-order valence-corrected chi connectivity index (χ2v) is 15.7. The minimum absolute atomic E-state index is 0.114. The topological polar surface area (TPSA) is 187 Å². The van der Waals surface area contributed by atoms with Crippen molar-refractivity contribution in [1.29, 1.82) is 0 Å². The van der Waals surface area contributed by atoms with Crippen molar-refractivity contribution in [1.82, 2.24) is 0 Å². The molecule has 0 aromatic heterocycles. The summed E-state index contributed by atoms with van der Waals surface area (Å²) in [6, 6.07) is 0. The van der Waals surface area contributed by atoms with Gasteiger partial charge in [-0.15, -0.1) is 0 Å². The molecular formula is C46H90O17. The van der Waals surface area contributed by atoms with Gasteiger partial charge in [0.15, 0.2) is 0 Å². The summed E-state index contributed by atoms with van der Waals surface area (Å²) in [5.41, 5.74) is 0.363. The standard InChI is InChI=1S/C46H90O17/c1-9-10-11-12-13-14-15-57-45(30-44(31-47)63-36-43(8)62-35-42(7)61-34-41(6)60-33-40(5)59-32-39(4)48)37-56-27-26-54-23-22-52-19-18-50-16-17-51-20-21-53-24-25-55-28-29-58-46(49)38(2)3/h39-45,47-48H,2,9-37H2,1,3-8H3. The second-order valence-electron chi connectivity index (χ2n) is 15.7. The van der Waals surface area contributed by atoms with E-state index in [0.717, 1.165) is 12.8 Å². The average Bonchev–Trinajstić information content (AvgIpc) is 3.26. The molecule has 0 aliphatic carbocycles. The Labute approximate surface area is 380 Å². The molecule has 2 N–H and O–H groups in total. The van der Waals surface area contributed by atoms with Crippen molar-refractivity contribution < 1.29 is 81.3 Å². The maximum absolute atomic E-state index is 11.3. The SMILES string of the molecule is C=C(C)C(=O)OCCOCCOCCOCCOCCOCCOCCOCC(CC(CO)OCC(C)OCC(C)OCC(C)OCC(C)OCC(C)O)OCCCCCCCC. The van der Waals surface area contributed by atoms with Crippen molar-refractivity contribution in [2.24, 2.45) is 0 Å². The number of aliphatic hydroxyl groups is 2. The van der Waals surface area contributed by atoms with Crippen molar-refractivity contribution in [2.45, 2.75) is 136 Å². The fraction of sp³-hybridized carbons (Fsp3) is 0.935. The zero-order chi connectivity index (χ0) is 46.6. The summed E-state index contributed by atoms with van der Waals surface area (Å²) in [6.07, 6.45) is 5.79. The maximum Gasteiger partial charge on any atom is 0.333 e. The van der Waals surface area contributed by atoms with Crippen LogP contribution in [0, 0.1) is 0 Å². The van der Waals surface area contributed by atoms with Crippen LogP contribution in [0.2, 0.25) is 0 Å². The molecule has 7 unspecified atom stereocenters. The first kappa shape index (κ1) is 61.6. The van der Waals surface area contributed by atoms with Crippen LogP contribution in [-0.2, 0) is 71.1 Å². The highest BCUT2D eigenvalue weighted by molar-refractivity contribution is 5.86. The highest BCUT2D eigenvalue weighted by Crippen LogP contribution is 2.12. The van der Waals surface area contributed by atoms with Crippen LogP contribution in [0.4, 0.5) is 0 Å². The van der Waals surface area contributed by atoms with Crippen LogP contribution in [0.5, 0.6) is 0 Å². The molecule has 0 amide bonds. The molecular weight excluding hydrogens is 824 g/mol. The van der Waals surface area contributed by atoms with Gasteiger partial charge in [0.1, 0.15) is 6.61 Å². The smallest absolute Gasteiger partial charge is 0.333 e. The third-order valence-corrected chi connectivity index (χ3v) is 8.96. The summed E-state index contributed by atoms with van der Waals surface area (Å²) < 4.78 is 79.4. The Morgan fingerprint density at radius 1 is 0.460 bits per heavy atom. The molecule has 17 nitrogen and oxygen atoms in total. The number of esters is 1. The second kappa shape index (κ2) is 45.8. The van der Waals surface area contributed by atoms with E-state index in [-0.39, 0.29) is 50.3 Å². The molecule has 0 fully saturated rings. The number of carbonyl (C=O) groups excluding carboxylic acids is 1. The first-order chi connectivity index (χ1) is 30.5.